The van der Waals surface area contributed by atoms with Gasteiger partial charge in [0.1, 0.15) is 5.75 Å². The van der Waals surface area contributed by atoms with Crippen LogP contribution in [-0.4, -0.2) is 36.7 Å². The number of hydrogen-bond donors (Lipinski definition) is 0. The standard InChI is InChI=1S/C20H19ClN2O6S/c21-18-14-17(23(25)26)6-7-19(18)29-20(24)16-8-11-22(12-9-16)30(27,28)13-10-15-4-2-1-3-5-15/h1-7,10,13-14,16H,8-9,11-12H2/b13-10+. The van der Waals surface area contributed by atoms with Crippen LogP contribution in [0, 0.1) is 16.0 Å². The van der Waals surface area contributed by atoms with Crippen molar-refractivity contribution in [1.82, 2.24) is 4.31 Å². The van der Waals surface area contributed by atoms with Gasteiger partial charge in [-0.3, -0.25) is 14.9 Å². The van der Waals surface area contributed by atoms with Gasteiger partial charge in [0.05, 0.1) is 15.9 Å². The Hall–Kier alpha value is -2.75. The number of nitro groups is 1. The number of benzene rings is 2. The van der Waals surface area contributed by atoms with E-state index in [1.807, 2.05) is 18.2 Å². The number of nitrogens with zero attached hydrogens (tertiary/aromatic N) is 2. The predicted molar refractivity (Wildman–Crippen MR) is 112 cm³/mol. The Morgan fingerprint density at radius 3 is 2.43 bits per heavy atom. The van der Waals surface area contributed by atoms with Gasteiger partial charge in [-0.1, -0.05) is 41.9 Å². The molecule has 0 aliphatic carbocycles. The number of hydrogen-bond acceptors (Lipinski definition) is 6. The van der Waals surface area contributed by atoms with Gasteiger partial charge in [0.25, 0.3) is 5.69 Å². The van der Waals surface area contributed by atoms with Crippen LogP contribution in [0.4, 0.5) is 5.69 Å². The van der Waals surface area contributed by atoms with Gasteiger partial charge in [0.15, 0.2) is 0 Å². The first-order valence-corrected chi connectivity index (χ1v) is 11.0. The van der Waals surface area contributed by atoms with E-state index < -0.39 is 26.8 Å². The Bertz CT molecular complexity index is 1060. The number of piperidine rings is 1. The lowest BCUT2D eigenvalue weighted by Crippen LogP contribution is -2.40. The van der Waals surface area contributed by atoms with Crippen LogP contribution in [0.5, 0.6) is 5.75 Å². The fourth-order valence-corrected chi connectivity index (χ4v) is 4.47. The van der Waals surface area contributed by atoms with Crippen molar-refractivity contribution in [3.8, 4) is 5.75 Å². The van der Waals surface area contributed by atoms with Crippen molar-refractivity contribution in [3.63, 3.8) is 0 Å². The van der Waals surface area contributed by atoms with E-state index in [9.17, 15) is 23.3 Å². The van der Waals surface area contributed by atoms with Gasteiger partial charge in [-0.2, -0.15) is 4.31 Å². The average molecular weight is 451 g/mol. The lowest BCUT2D eigenvalue weighted by Gasteiger charge is -2.29. The van der Waals surface area contributed by atoms with E-state index in [1.165, 1.54) is 22.5 Å². The maximum atomic E-state index is 12.5. The molecule has 1 aliphatic heterocycles. The van der Waals surface area contributed by atoms with Gasteiger partial charge >= 0.3 is 5.97 Å². The number of carbonyl (C=O) groups is 1. The second-order valence-electron chi connectivity index (χ2n) is 6.72. The summed E-state index contributed by atoms with van der Waals surface area (Å²) in [6, 6.07) is 12.7. The fraction of sp³-hybridized carbons (Fsp3) is 0.250. The Kier molecular flexibility index (Phi) is 6.86. The summed E-state index contributed by atoms with van der Waals surface area (Å²) >= 11 is 5.95. The SMILES string of the molecule is O=C(Oc1ccc([N+](=O)[O-])cc1Cl)C1CCN(S(=O)(=O)/C=C/c2ccccc2)CC1. The van der Waals surface area contributed by atoms with Crippen LogP contribution >= 0.6 is 11.6 Å². The van der Waals surface area contributed by atoms with Gasteiger partial charge in [-0.05, 0) is 30.5 Å². The number of non-ortho nitro benzene ring substituents is 1. The molecule has 0 radical (unpaired) electrons. The smallest absolute Gasteiger partial charge is 0.314 e. The molecule has 0 aromatic heterocycles. The number of carbonyl (C=O) groups excluding carboxylic acids is 1. The minimum atomic E-state index is -3.59. The highest BCUT2D eigenvalue weighted by atomic mass is 35.5. The van der Waals surface area contributed by atoms with Crippen LogP contribution < -0.4 is 4.74 Å². The van der Waals surface area contributed by atoms with E-state index in [4.69, 9.17) is 16.3 Å². The maximum absolute atomic E-state index is 12.5. The molecule has 3 rings (SSSR count). The first-order chi connectivity index (χ1) is 14.3. The minimum Gasteiger partial charge on any atom is -0.425 e. The molecule has 10 heteroatoms. The monoisotopic (exact) mass is 450 g/mol. The van der Waals surface area contributed by atoms with Crippen LogP contribution in [-0.2, 0) is 14.8 Å². The van der Waals surface area contributed by atoms with Gasteiger partial charge in [-0.15, -0.1) is 0 Å². The first kappa shape index (κ1) is 21.9. The molecule has 1 heterocycles. The molecule has 0 atom stereocenters. The molecule has 2 aromatic rings. The molecule has 1 saturated heterocycles. The van der Waals surface area contributed by atoms with E-state index in [0.29, 0.717) is 12.8 Å². The van der Waals surface area contributed by atoms with Gasteiger partial charge < -0.3 is 4.74 Å². The Balaban J connectivity index is 1.58. The molecular weight excluding hydrogens is 432 g/mol. The first-order valence-electron chi connectivity index (χ1n) is 9.15. The normalized spacial score (nSPS) is 15.9. The zero-order chi connectivity index (χ0) is 21.7. The third-order valence-electron chi connectivity index (χ3n) is 4.72. The van der Waals surface area contributed by atoms with Crippen molar-refractivity contribution in [3.05, 3.63) is 74.6 Å². The fourth-order valence-electron chi connectivity index (χ4n) is 3.04. The zero-order valence-corrected chi connectivity index (χ0v) is 17.4. The Labute approximate surface area is 178 Å². The summed E-state index contributed by atoms with van der Waals surface area (Å²) in [5.74, 6) is -0.989. The van der Waals surface area contributed by atoms with Crippen LogP contribution in [0.3, 0.4) is 0 Å². The highest BCUT2D eigenvalue weighted by Crippen LogP contribution is 2.30. The van der Waals surface area contributed by atoms with Gasteiger partial charge in [0.2, 0.25) is 10.0 Å². The number of sulfonamides is 1. The van der Waals surface area contributed by atoms with Crippen molar-refractivity contribution >= 4 is 39.4 Å². The van der Waals surface area contributed by atoms with Crippen LogP contribution in [0.25, 0.3) is 6.08 Å². The third kappa shape index (κ3) is 5.44. The Morgan fingerprint density at radius 1 is 1.17 bits per heavy atom. The second-order valence-corrected chi connectivity index (χ2v) is 8.95. The lowest BCUT2D eigenvalue weighted by atomic mass is 9.98. The predicted octanol–water partition coefficient (Wildman–Crippen LogP) is 3.87. The second kappa shape index (κ2) is 9.38. The topological polar surface area (TPSA) is 107 Å². The van der Waals surface area contributed by atoms with Gasteiger partial charge in [0, 0.05) is 30.6 Å². The molecule has 0 unspecified atom stereocenters. The summed E-state index contributed by atoms with van der Waals surface area (Å²) in [6.45, 7) is 0.379. The minimum absolute atomic E-state index is 0.0353. The number of nitro benzene ring substituents is 1. The highest BCUT2D eigenvalue weighted by Gasteiger charge is 2.31. The van der Waals surface area contributed by atoms with Crippen molar-refractivity contribution in [2.45, 2.75) is 12.8 Å². The summed E-state index contributed by atoms with van der Waals surface area (Å²) in [5, 5.41) is 11.9. The molecule has 1 fully saturated rings. The summed E-state index contributed by atoms with van der Waals surface area (Å²) in [6.07, 6.45) is 2.15. The maximum Gasteiger partial charge on any atom is 0.314 e. The highest BCUT2D eigenvalue weighted by molar-refractivity contribution is 7.92. The molecule has 30 heavy (non-hydrogen) atoms. The van der Waals surface area contributed by atoms with Crippen LogP contribution in [0.2, 0.25) is 5.02 Å². The Morgan fingerprint density at radius 2 is 1.83 bits per heavy atom. The lowest BCUT2D eigenvalue weighted by molar-refractivity contribution is -0.384. The summed E-state index contributed by atoms with van der Waals surface area (Å²) < 4.78 is 31.6. The quantitative estimate of drug-likeness (QED) is 0.286. The van der Waals surface area contributed by atoms with Gasteiger partial charge in [-0.25, -0.2) is 8.42 Å². The molecule has 0 spiro atoms. The number of ether oxygens (including phenoxy) is 1. The average Bonchev–Trinajstić information content (AvgIpc) is 2.74. The summed E-state index contributed by atoms with van der Waals surface area (Å²) in [4.78, 5) is 22.6. The number of rotatable bonds is 6. The third-order valence-corrected chi connectivity index (χ3v) is 6.58. The van der Waals surface area contributed by atoms with Crippen LogP contribution in [0.1, 0.15) is 18.4 Å². The van der Waals surface area contributed by atoms with Crippen molar-refractivity contribution in [2.75, 3.05) is 13.1 Å². The molecule has 8 nitrogen and oxygen atoms in total. The summed E-state index contributed by atoms with van der Waals surface area (Å²) in [7, 11) is -3.59. The number of esters is 1. The zero-order valence-electron chi connectivity index (χ0n) is 15.8. The van der Waals surface area contributed by atoms with E-state index in [1.54, 1.807) is 12.1 Å². The molecule has 0 amide bonds. The molecule has 0 saturated carbocycles. The van der Waals surface area contributed by atoms with Crippen molar-refractivity contribution in [2.24, 2.45) is 5.92 Å². The molecule has 0 bridgehead atoms. The molecular formula is C20H19ClN2O6S. The van der Waals surface area contributed by atoms with E-state index in [0.717, 1.165) is 17.0 Å². The molecule has 2 aromatic carbocycles. The molecule has 0 N–H and O–H groups in total. The summed E-state index contributed by atoms with van der Waals surface area (Å²) in [5.41, 5.74) is 0.571. The molecule has 158 valence electrons. The largest absolute Gasteiger partial charge is 0.425 e. The number of halogens is 1. The van der Waals surface area contributed by atoms with Crippen molar-refractivity contribution in [1.29, 1.82) is 0 Å². The molecule has 1 aliphatic rings. The van der Waals surface area contributed by atoms with Crippen LogP contribution in [0.15, 0.2) is 53.9 Å². The van der Waals surface area contributed by atoms with E-state index >= 15 is 0 Å². The van der Waals surface area contributed by atoms with Crippen molar-refractivity contribution < 1.29 is 22.9 Å². The van der Waals surface area contributed by atoms with E-state index in [2.05, 4.69) is 0 Å². The van der Waals surface area contributed by atoms with E-state index in [-0.39, 0.29) is 29.5 Å².